The number of hydrogen-bond donors (Lipinski definition) is 0. The van der Waals surface area contributed by atoms with Gasteiger partial charge in [0.2, 0.25) is 10.0 Å². The van der Waals surface area contributed by atoms with E-state index in [9.17, 15) is 13.2 Å². The smallest absolute Gasteiger partial charge is 0.244 e. The highest BCUT2D eigenvalue weighted by molar-refractivity contribution is 8.02. The van der Waals surface area contributed by atoms with Gasteiger partial charge in [-0.15, -0.1) is 11.8 Å². The van der Waals surface area contributed by atoms with Gasteiger partial charge in [0.25, 0.3) is 0 Å². The number of thioether (sulfide) groups is 1. The zero-order chi connectivity index (χ0) is 25.7. The van der Waals surface area contributed by atoms with Gasteiger partial charge in [-0.2, -0.15) is 4.31 Å². The molecule has 2 unspecified atom stereocenters. The Morgan fingerprint density at radius 2 is 1.46 bits per heavy atom. The Labute approximate surface area is 224 Å². The van der Waals surface area contributed by atoms with Crippen LogP contribution in [-0.2, 0) is 14.8 Å². The maximum Gasteiger partial charge on any atom is 0.244 e. The van der Waals surface area contributed by atoms with Crippen LogP contribution in [0.2, 0.25) is 0 Å². The molecule has 2 aliphatic heterocycles. The Morgan fingerprint density at radius 1 is 0.838 bits per heavy atom. The minimum atomic E-state index is -3.77. The van der Waals surface area contributed by atoms with E-state index in [2.05, 4.69) is 17.0 Å². The molecule has 2 saturated heterocycles. The molecule has 0 spiro atoms. The molecule has 2 fully saturated rings. The zero-order valence-corrected chi connectivity index (χ0v) is 22.7. The van der Waals surface area contributed by atoms with Gasteiger partial charge in [-0.3, -0.25) is 4.79 Å². The summed E-state index contributed by atoms with van der Waals surface area (Å²) in [6.07, 6.45) is 3.74. The second kappa shape index (κ2) is 11.9. The molecule has 0 aliphatic carbocycles. The van der Waals surface area contributed by atoms with Crippen molar-refractivity contribution < 1.29 is 13.2 Å². The Balaban J connectivity index is 1.31. The molecule has 0 radical (unpaired) electrons. The molecule has 3 aromatic rings. The minimum Gasteiger partial charge on any atom is -0.303 e. The molecule has 37 heavy (non-hydrogen) atoms. The minimum absolute atomic E-state index is 0.00209. The third-order valence-corrected chi connectivity index (χ3v) is 10.7. The molecule has 3 aromatic carbocycles. The van der Waals surface area contributed by atoms with Gasteiger partial charge in [0, 0.05) is 18.7 Å². The van der Waals surface area contributed by atoms with Crippen LogP contribution in [0.3, 0.4) is 0 Å². The van der Waals surface area contributed by atoms with Crippen LogP contribution in [0.5, 0.6) is 0 Å². The molecule has 7 heteroatoms. The highest BCUT2D eigenvalue weighted by Gasteiger charge is 2.40. The van der Waals surface area contributed by atoms with Crippen molar-refractivity contribution in [3.05, 3.63) is 90.5 Å². The monoisotopic (exact) mass is 534 g/mol. The number of nitrogens with zero attached hydrogens (tertiary/aromatic N) is 2. The molecule has 0 aromatic heterocycles. The largest absolute Gasteiger partial charge is 0.303 e. The first-order chi connectivity index (χ1) is 18.0. The van der Waals surface area contributed by atoms with E-state index in [1.54, 1.807) is 12.1 Å². The van der Waals surface area contributed by atoms with Crippen molar-refractivity contribution >= 4 is 27.6 Å². The van der Waals surface area contributed by atoms with Gasteiger partial charge in [-0.05, 0) is 73.6 Å². The van der Waals surface area contributed by atoms with Crippen LogP contribution in [0.4, 0.5) is 0 Å². The van der Waals surface area contributed by atoms with Gasteiger partial charge in [-0.1, -0.05) is 72.8 Å². The van der Waals surface area contributed by atoms with Gasteiger partial charge in [0.05, 0.1) is 4.90 Å². The Kier molecular flexibility index (Phi) is 8.45. The maximum atomic E-state index is 13.6. The van der Waals surface area contributed by atoms with Gasteiger partial charge >= 0.3 is 0 Å². The molecule has 5 nitrogen and oxygen atoms in total. The SMILES string of the molecule is O=C(CC(CCN1CCCC1)c1ccccc1)C1SCCN1S(=O)(=O)c1ccc(-c2ccccc2)cc1. The van der Waals surface area contributed by atoms with Gasteiger partial charge in [0.15, 0.2) is 5.78 Å². The Morgan fingerprint density at radius 3 is 2.14 bits per heavy atom. The van der Waals surface area contributed by atoms with Crippen molar-refractivity contribution in [2.24, 2.45) is 0 Å². The topological polar surface area (TPSA) is 57.7 Å². The molecular weight excluding hydrogens is 500 g/mol. The van der Waals surface area contributed by atoms with Crippen LogP contribution in [-0.4, -0.2) is 60.7 Å². The number of rotatable bonds is 10. The van der Waals surface area contributed by atoms with Crippen molar-refractivity contribution in [2.45, 2.75) is 41.9 Å². The second-order valence-electron chi connectivity index (χ2n) is 9.84. The zero-order valence-electron chi connectivity index (χ0n) is 21.0. The Bertz CT molecular complexity index is 1280. The van der Waals surface area contributed by atoms with E-state index in [0.717, 1.165) is 42.7 Å². The van der Waals surface area contributed by atoms with Crippen LogP contribution < -0.4 is 0 Å². The van der Waals surface area contributed by atoms with E-state index in [1.807, 2.05) is 60.7 Å². The summed E-state index contributed by atoms with van der Waals surface area (Å²) in [6, 6.07) is 27.1. The molecular formula is C30H34N2O3S2. The van der Waals surface area contributed by atoms with Crippen molar-refractivity contribution in [3.63, 3.8) is 0 Å². The maximum absolute atomic E-state index is 13.6. The lowest BCUT2D eigenvalue weighted by Gasteiger charge is -2.25. The number of ketones is 1. The van der Waals surface area contributed by atoms with Gasteiger partial charge in [-0.25, -0.2) is 8.42 Å². The lowest BCUT2D eigenvalue weighted by Crippen LogP contribution is -2.40. The summed E-state index contributed by atoms with van der Waals surface area (Å²) >= 11 is 1.45. The van der Waals surface area contributed by atoms with Crippen LogP contribution in [0, 0.1) is 0 Å². The summed E-state index contributed by atoms with van der Waals surface area (Å²) < 4.78 is 28.6. The number of hydrogen-bond acceptors (Lipinski definition) is 5. The van der Waals surface area contributed by atoms with Crippen LogP contribution >= 0.6 is 11.8 Å². The summed E-state index contributed by atoms with van der Waals surface area (Å²) in [5.74, 6) is 0.717. The van der Waals surface area contributed by atoms with Crippen molar-refractivity contribution in [1.82, 2.24) is 9.21 Å². The van der Waals surface area contributed by atoms with Crippen molar-refractivity contribution in [1.29, 1.82) is 0 Å². The highest BCUT2D eigenvalue weighted by atomic mass is 32.2. The summed E-state index contributed by atoms with van der Waals surface area (Å²) in [6.45, 7) is 3.58. The van der Waals surface area contributed by atoms with Crippen molar-refractivity contribution in [2.75, 3.05) is 31.9 Å². The Hall–Kier alpha value is -2.45. The van der Waals surface area contributed by atoms with E-state index in [1.165, 1.54) is 28.9 Å². The first-order valence-electron chi connectivity index (χ1n) is 13.1. The van der Waals surface area contributed by atoms with Crippen LogP contribution in [0.15, 0.2) is 89.8 Å². The molecule has 0 N–H and O–H groups in total. The summed E-state index contributed by atoms with van der Waals surface area (Å²) in [5, 5.41) is -0.670. The normalized spacial score (nSPS) is 19.7. The number of carbonyl (C=O) groups is 1. The lowest BCUT2D eigenvalue weighted by molar-refractivity contribution is -0.120. The van der Waals surface area contributed by atoms with E-state index in [0.29, 0.717) is 18.7 Å². The van der Waals surface area contributed by atoms with E-state index in [-0.39, 0.29) is 16.6 Å². The third kappa shape index (κ3) is 6.17. The predicted molar refractivity (Wildman–Crippen MR) is 151 cm³/mol. The molecule has 0 amide bonds. The van der Waals surface area contributed by atoms with E-state index in [4.69, 9.17) is 0 Å². The third-order valence-electron chi connectivity index (χ3n) is 7.40. The number of Topliss-reactive ketones (excluding diaryl/α,β-unsaturated/α-hetero) is 1. The lowest BCUT2D eigenvalue weighted by atomic mass is 9.90. The predicted octanol–water partition coefficient (Wildman–Crippen LogP) is 5.65. The van der Waals surface area contributed by atoms with Crippen LogP contribution in [0.1, 0.15) is 37.2 Å². The average molecular weight is 535 g/mol. The fourth-order valence-corrected chi connectivity index (χ4v) is 8.51. The number of carbonyl (C=O) groups excluding carboxylic acids is 1. The summed E-state index contributed by atoms with van der Waals surface area (Å²) in [7, 11) is -3.77. The van der Waals surface area contributed by atoms with Gasteiger partial charge < -0.3 is 4.90 Å². The molecule has 0 bridgehead atoms. The van der Waals surface area contributed by atoms with Gasteiger partial charge in [0.1, 0.15) is 5.37 Å². The first kappa shape index (κ1) is 26.2. The van der Waals surface area contributed by atoms with E-state index >= 15 is 0 Å². The molecule has 0 saturated carbocycles. The average Bonchev–Trinajstić information content (AvgIpc) is 3.65. The highest BCUT2D eigenvalue weighted by Crippen LogP contribution is 2.35. The quantitative estimate of drug-likeness (QED) is 0.337. The first-order valence-corrected chi connectivity index (χ1v) is 15.6. The number of benzene rings is 3. The standard InChI is InChI=1S/C30H34N2O3S2/c33-29(23-27(25-11-5-2-6-12-25)17-20-31-18-7-8-19-31)30-32(21-22-36-30)37(34,35)28-15-13-26(14-16-28)24-9-3-1-4-10-24/h1-6,9-16,27,30H,7-8,17-23H2. The molecule has 2 aliphatic rings. The van der Waals surface area contributed by atoms with Crippen molar-refractivity contribution in [3.8, 4) is 11.1 Å². The molecule has 194 valence electrons. The molecule has 2 heterocycles. The van der Waals surface area contributed by atoms with E-state index < -0.39 is 15.4 Å². The number of likely N-dealkylation sites (tertiary alicyclic amines) is 1. The molecule has 2 atom stereocenters. The van der Waals surface area contributed by atoms with Crippen LogP contribution in [0.25, 0.3) is 11.1 Å². The fraction of sp³-hybridized carbons (Fsp3) is 0.367. The summed E-state index contributed by atoms with van der Waals surface area (Å²) in [4.78, 5) is 16.3. The molecule has 5 rings (SSSR count). The summed E-state index contributed by atoms with van der Waals surface area (Å²) in [5.41, 5.74) is 3.16. The fourth-order valence-electron chi connectivity index (χ4n) is 5.34. The second-order valence-corrected chi connectivity index (χ2v) is 12.9. The number of sulfonamides is 1.